The van der Waals surface area contributed by atoms with Crippen LogP contribution in [0.15, 0.2) is 40.2 Å². The van der Waals surface area contributed by atoms with Crippen molar-refractivity contribution in [3.8, 4) is 0 Å². The third-order valence-electron chi connectivity index (χ3n) is 2.94. The number of imide groups is 1. The minimum absolute atomic E-state index is 0.241. The Hall–Kier alpha value is -1.53. The van der Waals surface area contributed by atoms with Crippen molar-refractivity contribution in [3.63, 3.8) is 0 Å². The van der Waals surface area contributed by atoms with Gasteiger partial charge in [-0.25, -0.2) is 0 Å². The normalized spacial score (nSPS) is 16.7. The third-order valence-corrected chi connectivity index (χ3v) is 4.48. The van der Waals surface area contributed by atoms with Crippen molar-refractivity contribution in [1.29, 1.82) is 0 Å². The number of carbonyl (C=O) groups is 2. The van der Waals surface area contributed by atoms with Crippen LogP contribution in [0.5, 0.6) is 0 Å². The highest BCUT2D eigenvalue weighted by atomic mass is 79.9. The van der Waals surface area contributed by atoms with Crippen molar-refractivity contribution in [1.82, 2.24) is 4.90 Å². The van der Waals surface area contributed by atoms with Crippen LogP contribution in [-0.2, 0) is 4.79 Å². The highest BCUT2D eigenvalue weighted by Gasteiger charge is 2.33. The maximum absolute atomic E-state index is 12.1. The molecule has 1 heterocycles. The largest absolute Gasteiger partial charge is 0.377 e. The number of hydrogen-bond acceptors (Lipinski definition) is 4. The number of halogens is 1. The Morgan fingerprint density at radius 3 is 2.67 bits per heavy atom. The standard InChI is InChI=1S/C15H15BrN2O2S/c1-4-7-18-14(19)13(21-15(18)20)9-10-5-6-12(17(2)3)11(16)8-10/h4-6,8-9H,1,7H2,2-3H3. The van der Waals surface area contributed by atoms with Crippen LogP contribution in [-0.4, -0.2) is 36.7 Å². The lowest BCUT2D eigenvalue weighted by Gasteiger charge is -2.14. The van der Waals surface area contributed by atoms with E-state index in [1.807, 2.05) is 37.2 Å². The molecule has 0 N–H and O–H groups in total. The summed E-state index contributed by atoms with van der Waals surface area (Å²) in [5.74, 6) is -0.266. The average Bonchev–Trinajstić information content (AvgIpc) is 2.66. The van der Waals surface area contributed by atoms with E-state index in [0.29, 0.717) is 4.91 Å². The lowest BCUT2D eigenvalue weighted by atomic mass is 10.2. The molecule has 21 heavy (non-hydrogen) atoms. The maximum Gasteiger partial charge on any atom is 0.293 e. The number of amides is 2. The molecular formula is C15H15BrN2O2S. The van der Waals surface area contributed by atoms with Gasteiger partial charge in [0, 0.05) is 25.1 Å². The second kappa shape index (κ2) is 6.49. The highest BCUT2D eigenvalue weighted by molar-refractivity contribution is 9.10. The number of benzene rings is 1. The van der Waals surface area contributed by atoms with Crippen LogP contribution in [0.3, 0.4) is 0 Å². The fraction of sp³-hybridized carbons (Fsp3) is 0.200. The minimum Gasteiger partial charge on any atom is -0.377 e. The molecule has 1 saturated heterocycles. The zero-order valence-electron chi connectivity index (χ0n) is 11.8. The van der Waals surface area contributed by atoms with Gasteiger partial charge in [0.15, 0.2) is 0 Å². The molecule has 2 amide bonds. The number of carbonyl (C=O) groups excluding carboxylic acids is 2. The van der Waals surface area contributed by atoms with Gasteiger partial charge < -0.3 is 4.90 Å². The van der Waals surface area contributed by atoms with Gasteiger partial charge in [0.1, 0.15) is 0 Å². The summed E-state index contributed by atoms with van der Waals surface area (Å²) >= 11 is 4.47. The molecule has 0 radical (unpaired) electrons. The predicted octanol–water partition coefficient (Wildman–Crippen LogP) is 3.74. The molecule has 0 unspecified atom stereocenters. The molecule has 0 bridgehead atoms. The van der Waals surface area contributed by atoms with Crippen LogP contribution in [0.1, 0.15) is 5.56 Å². The molecule has 1 aliphatic rings. The van der Waals surface area contributed by atoms with Gasteiger partial charge in [0.2, 0.25) is 0 Å². The molecule has 1 aromatic carbocycles. The number of nitrogens with zero attached hydrogens (tertiary/aromatic N) is 2. The number of rotatable bonds is 4. The van der Waals surface area contributed by atoms with Crippen molar-refractivity contribution in [2.24, 2.45) is 0 Å². The average molecular weight is 367 g/mol. The van der Waals surface area contributed by atoms with Crippen LogP contribution in [0.2, 0.25) is 0 Å². The Morgan fingerprint density at radius 2 is 2.10 bits per heavy atom. The zero-order valence-corrected chi connectivity index (χ0v) is 14.2. The fourth-order valence-electron chi connectivity index (χ4n) is 1.91. The first-order chi connectivity index (χ1) is 9.93. The van der Waals surface area contributed by atoms with Crippen molar-refractivity contribution in [3.05, 3.63) is 45.8 Å². The summed E-state index contributed by atoms with van der Waals surface area (Å²) in [6.45, 7) is 3.80. The Bertz CT molecular complexity index is 641. The van der Waals surface area contributed by atoms with E-state index in [2.05, 4.69) is 22.5 Å². The summed E-state index contributed by atoms with van der Waals surface area (Å²) in [4.78, 5) is 27.5. The van der Waals surface area contributed by atoms with Crippen LogP contribution in [0.4, 0.5) is 10.5 Å². The topological polar surface area (TPSA) is 40.6 Å². The van der Waals surface area contributed by atoms with Gasteiger partial charge in [-0.3, -0.25) is 14.5 Å². The molecule has 1 aliphatic heterocycles. The summed E-state index contributed by atoms with van der Waals surface area (Å²) in [5.41, 5.74) is 1.92. The molecule has 0 aliphatic carbocycles. The summed E-state index contributed by atoms with van der Waals surface area (Å²) in [6.07, 6.45) is 3.28. The molecule has 0 saturated carbocycles. The van der Waals surface area contributed by atoms with E-state index < -0.39 is 0 Å². The van der Waals surface area contributed by atoms with Gasteiger partial charge in [0.05, 0.1) is 10.6 Å². The van der Waals surface area contributed by atoms with E-state index in [-0.39, 0.29) is 17.7 Å². The van der Waals surface area contributed by atoms with Crippen molar-refractivity contribution in [2.75, 3.05) is 25.5 Å². The highest BCUT2D eigenvalue weighted by Crippen LogP contribution is 2.33. The van der Waals surface area contributed by atoms with E-state index >= 15 is 0 Å². The third kappa shape index (κ3) is 3.39. The summed E-state index contributed by atoms with van der Waals surface area (Å²) in [5, 5.41) is -0.255. The Labute approximate surface area is 136 Å². The lowest BCUT2D eigenvalue weighted by molar-refractivity contribution is -0.122. The predicted molar refractivity (Wildman–Crippen MR) is 91.3 cm³/mol. The molecule has 1 fully saturated rings. The molecular weight excluding hydrogens is 352 g/mol. The monoisotopic (exact) mass is 366 g/mol. The first-order valence-corrected chi connectivity index (χ1v) is 7.88. The van der Waals surface area contributed by atoms with E-state index in [1.165, 1.54) is 4.90 Å². The maximum atomic E-state index is 12.1. The van der Waals surface area contributed by atoms with E-state index in [1.54, 1.807) is 12.2 Å². The van der Waals surface area contributed by atoms with Crippen LogP contribution >= 0.6 is 27.7 Å². The van der Waals surface area contributed by atoms with Crippen molar-refractivity contribution < 1.29 is 9.59 Å². The van der Waals surface area contributed by atoms with Crippen molar-refractivity contribution in [2.45, 2.75) is 0 Å². The Morgan fingerprint density at radius 1 is 1.38 bits per heavy atom. The van der Waals surface area contributed by atoms with Crippen molar-refractivity contribution >= 4 is 50.6 Å². The molecule has 0 atom stereocenters. The molecule has 2 rings (SSSR count). The van der Waals surface area contributed by atoms with E-state index in [0.717, 1.165) is 27.5 Å². The van der Waals surface area contributed by atoms with E-state index in [9.17, 15) is 9.59 Å². The molecule has 1 aromatic rings. The van der Waals surface area contributed by atoms with Crippen LogP contribution < -0.4 is 4.90 Å². The zero-order chi connectivity index (χ0) is 15.6. The molecule has 110 valence electrons. The number of hydrogen-bond donors (Lipinski definition) is 0. The first-order valence-electron chi connectivity index (χ1n) is 6.27. The number of anilines is 1. The van der Waals surface area contributed by atoms with Gasteiger partial charge in [-0.2, -0.15) is 0 Å². The Balaban J connectivity index is 2.28. The van der Waals surface area contributed by atoms with Gasteiger partial charge >= 0.3 is 0 Å². The van der Waals surface area contributed by atoms with Gasteiger partial charge in [0.25, 0.3) is 11.1 Å². The lowest BCUT2D eigenvalue weighted by Crippen LogP contribution is -2.27. The molecule has 0 spiro atoms. The van der Waals surface area contributed by atoms with Gasteiger partial charge in [-0.1, -0.05) is 12.1 Å². The van der Waals surface area contributed by atoms with Gasteiger partial charge in [-0.05, 0) is 51.5 Å². The summed E-state index contributed by atoms with van der Waals surface area (Å²) < 4.78 is 0.937. The SMILES string of the molecule is C=CCN1C(=O)SC(=Cc2ccc(N(C)C)c(Br)c2)C1=O. The fourth-order valence-corrected chi connectivity index (χ4v) is 3.51. The minimum atomic E-state index is -0.266. The molecule has 4 nitrogen and oxygen atoms in total. The van der Waals surface area contributed by atoms with Crippen LogP contribution in [0.25, 0.3) is 6.08 Å². The second-order valence-corrected chi connectivity index (χ2v) is 6.53. The van der Waals surface area contributed by atoms with E-state index in [4.69, 9.17) is 0 Å². The molecule has 0 aromatic heterocycles. The first kappa shape index (κ1) is 15.9. The second-order valence-electron chi connectivity index (χ2n) is 4.69. The van der Waals surface area contributed by atoms with Crippen LogP contribution in [0, 0.1) is 0 Å². The number of thioether (sulfide) groups is 1. The Kier molecular flexibility index (Phi) is 4.90. The molecule has 6 heteroatoms. The van der Waals surface area contributed by atoms with Gasteiger partial charge in [-0.15, -0.1) is 6.58 Å². The quantitative estimate of drug-likeness (QED) is 0.601. The smallest absolute Gasteiger partial charge is 0.293 e. The summed E-state index contributed by atoms with van der Waals surface area (Å²) in [6, 6.07) is 5.81. The summed E-state index contributed by atoms with van der Waals surface area (Å²) in [7, 11) is 3.92.